The molecular weight excluding hydrogens is 181 g/mol. The minimum Gasteiger partial charge on any atom is -0.475 e. The molecule has 0 bridgehead atoms. The molecule has 68 valence electrons. The van der Waals surface area contributed by atoms with Crippen LogP contribution >= 0.6 is 0 Å². The zero-order valence-electron chi connectivity index (χ0n) is 5.51. The molecule has 0 aliphatic heterocycles. The van der Waals surface area contributed by atoms with Crippen LogP contribution < -0.4 is 0 Å². The van der Waals surface area contributed by atoms with E-state index in [-0.39, 0.29) is 0 Å². The summed E-state index contributed by atoms with van der Waals surface area (Å²) in [5.41, 5.74) is 0. The number of carbonyl (C=O) groups is 2. The van der Waals surface area contributed by atoms with Gasteiger partial charge < -0.3 is 9.84 Å². The quantitative estimate of drug-likeness (QED) is 0.389. The third-order valence-corrected chi connectivity index (χ3v) is 0.686. The molecule has 0 aromatic heterocycles. The van der Waals surface area contributed by atoms with E-state index in [4.69, 9.17) is 5.11 Å². The van der Waals surface area contributed by atoms with Crippen molar-refractivity contribution < 1.29 is 32.6 Å². The number of rotatable bonds is 2. The first-order valence-corrected chi connectivity index (χ1v) is 2.46. The second-order valence-electron chi connectivity index (χ2n) is 1.62. The molecule has 12 heavy (non-hydrogen) atoms. The van der Waals surface area contributed by atoms with Crippen LogP contribution in [0.5, 0.6) is 0 Å². The number of hydrogen-bond donors (Lipinski definition) is 1. The number of carbonyl (C=O) groups excluding carboxylic acids is 1. The summed E-state index contributed by atoms with van der Waals surface area (Å²) >= 11 is 0. The molecule has 0 aromatic carbocycles. The fourth-order valence-corrected chi connectivity index (χ4v) is 0.213. The number of esters is 1. The van der Waals surface area contributed by atoms with Crippen LogP contribution in [0.4, 0.5) is 13.2 Å². The fraction of sp³-hybridized carbons (Fsp3) is 0.200. The van der Waals surface area contributed by atoms with Gasteiger partial charge in [0.2, 0.25) is 5.76 Å². The van der Waals surface area contributed by atoms with E-state index in [9.17, 15) is 22.8 Å². The predicted molar refractivity (Wildman–Crippen MR) is 28.9 cm³/mol. The molecule has 0 unspecified atom stereocenters. The third-order valence-electron chi connectivity index (χ3n) is 0.686. The standard InChI is InChI=1S/C5H3F3O4/c1-2(3(9)10)12-4(11)5(6,7)8/h1H2,(H,9,10). The van der Waals surface area contributed by atoms with Gasteiger partial charge in [-0.3, -0.25) is 0 Å². The van der Waals surface area contributed by atoms with Crippen LogP contribution in [0, 0.1) is 0 Å². The van der Waals surface area contributed by atoms with Crippen LogP contribution in [0.25, 0.3) is 0 Å². The maximum atomic E-state index is 11.4. The highest BCUT2D eigenvalue weighted by Crippen LogP contribution is 2.17. The molecule has 0 atom stereocenters. The summed E-state index contributed by atoms with van der Waals surface area (Å²) in [7, 11) is 0. The zero-order chi connectivity index (χ0) is 9.94. The van der Waals surface area contributed by atoms with Crippen molar-refractivity contribution >= 4 is 11.9 Å². The van der Waals surface area contributed by atoms with Gasteiger partial charge in [-0.05, 0) is 6.58 Å². The van der Waals surface area contributed by atoms with Gasteiger partial charge in [0.15, 0.2) is 0 Å². The first kappa shape index (κ1) is 10.5. The van der Waals surface area contributed by atoms with E-state index in [1.54, 1.807) is 0 Å². The van der Waals surface area contributed by atoms with Gasteiger partial charge in [-0.2, -0.15) is 13.2 Å². The molecule has 0 heterocycles. The summed E-state index contributed by atoms with van der Waals surface area (Å²) in [6.45, 7) is 2.57. The van der Waals surface area contributed by atoms with Crippen LogP contribution in [0.1, 0.15) is 0 Å². The zero-order valence-corrected chi connectivity index (χ0v) is 5.51. The van der Waals surface area contributed by atoms with Crippen LogP contribution in [0.15, 0.2) is 12.3 Å². The number of carboxylic acids is 1. The van der Waals surface area contributed by atoms with Crippen molar-refractivity contribution in [1.82, 2.24) is 0 Å². The Balaban J connectivity index is 4.21. The Labute approximate surface area is 64.2 Å². The molecule has 0 aliphatic rings. The summed E-state index contributed by atoms with van der Waals surface area (Å²) in [5.74, 6) is -5.69. The number of halogens is 3. The Morgan fingerprint density at radius 3 is 2.00 bits per heavy atom. The lowest BCUT2D eigenvalue weighted by molar-refractivity contribution is -0.196. The van der Waals surface area contributed by atoms with Crippen molar-refractivity contribution in [1.29, 1.82) is 0 Å². The lowest BCUT2D eigenvalue weighted by atomic mass is 10.5. The van der Waals surface area contributed by atoms with Gasteiger partial charge >= 0.3 is 18.1 Å². The SMILES string of the molecule is C=C(OC(=O)C(F)(F)F)C(=O)O. The van der Waals surface area contributed by atoms with Crippen LogP contribution in [0.2, 0.25) is 0 Å². The predicted octanol–water partition coefficient (Wildman–Crippen LogP) is 0.690. The summed E-state index contributed by atoms with van der Waals surface area (Å²) < 4.78 is 37.4. The summed E-state index contributed by atoms with van der Waals surface area (Å²) in [4.78, 5) is 19.7. The van der Waals surface area contributed by atoms with Crippen LogP contribution in [0.3, 0.4) is 0 Å². The molecule has 4 nitrogen and oxygen atoms in total. The highest BCUT2D eigenvalue weighted by Gasteiger charge is 2.42. The number of alkyl halides is 3. The van der Waals surface area contributed by atoms with Crippen LogP contribution in [-0.2, 0) is 14.3 Å². The molecule has 0 aliphatic carbocycles. The molecule has 0 saturated carbocycles. The molecule has 0 radical (unpaired) electrons. The van der Waals surface area contributed by atoms with E-state index in [0.29, 0.717) is 0 Å². The van der Waals surface area contributed by atoms with E-state index >= 15 is 0 Å². The molecule has 7 heteroatoms. The Kier molecular flexibility index (Phi) is 2.83. The van der Waals surface area contributed by atoms with Gasteiger partial charge in [0.05, 0.1) is 0 Å². The molecular formula is C5H3F3O4. The van der Waals surface area contributed by atoms with E-state index in [2.05, 4.69) is 11.3 Å². The molecule has 0 rings (SSSR count). The van der Waals surface area contributed by atoms with Crippen molar-refractivity contribution in [3.63, 3.8) is 0 Å². The number of aliphatic carboxylic acids is 1. The molecule has 0 spiro atoms. The lowest BCUT2D eigenvalue weighted by Gasteiger charge is -2.04. The Hall–Kier alpha value is -1.53. The topological polar surface area (TPSA) is 63.6 Å². The van der Waals surface area contributed by atoms with Gasteiger partial charge in [0.25, 0.3) is 0 Å². The summed E-state index contributed by atoms with van der Waals surface area (Å²) in [5, 5.41) is 7.95. The highest BCUT2D eigenvalue weighted by molar-refractivity contribution is 5.88. The number of hydrogen-bond acceptors (Lipinski definition) is 3. The second-order valence-corrected chi connectivity index (χ2v) is 1.62. The summed E-state index contributed by atoms with van der Waals surface area (Å²) in [6, 6.07) is 0. The Morgan fingerprint density at radius 2 is 1.75 bits per heavy atom. The van der Waals surface area contributed by atoms with Gasteiger partial charge in [-0.15, -0.1) is 0 Å². The van der Waals surface area contributed by atoms with Crippen molar-refractivity contribution in [2.75, 3.05) is 0 Å². The second kappa shape index (κ2) is 3.24. The van der Waals surface area contributed by atoms with Crippen molar-refractivity contribution in [2.45, 2.75) is 6.18 Å². The fourth-order valence-electron chi connectivity index (χ4n) is 0.213. The van der Waals surface area contributed by atoms with Crippen molar-refractivity contribution in [3.05, 3.63) is 12.3 Å². The Bertz CT molecular complexity index is 229. The lowest BCUT2D eigenvalue weighted by Crippen LogP contribution is -2.26. The first-order valence-electron chi connectivity index (χ1n) is 2.46. The maximum Gasteiger partial charge on any atom is 0.491 e. The smallest absolute Gasteiger partial charge is 0.475 e. The molecule has 0 saturated heterocycles. The third kappa shape index (κ3) is 3.04. The number of carboxylic acid groups (broad SMARTS) is 1. The minimum absolute atomic E-state index is 1.27. The Morgan fingerprint density at radius 1 is 1.33 bits per heavy atom. The van der Waals surface area contributed by atoms with Gasteiger partial charge in [-0.1, -0.05) is 0 Å². The monoisotopic (exact) mass is 184 g/mol. The molecule has 1 N–H and O–H groups in total. The highest BCUT2D eigenvalue weighted by atomic mass is 19.4. The average Bonchev–Trinajstić information content (AvgIpc) is 1.85. The molecule has 0 aromatic rings. The van der Waals surface area contributed by atoms with Gasteiger partial charge in [0.1, 0.15) is 0 Å². The average molecular weight is 184 g/mol. The summed E-state index contributed by atoms with van der Waals surface area (Å²) in [6.07, 6.45) is -5.21. The van der Waals surface area contributed by atoms with Gasteiger partial charge in [0, 0.05) is 0 Å². The first-order chi connectivity index (χ1) is 5.25. The van der Waals surface area contributed by atoms with Crippen LogP contribution in [-0.4, -0.2) is 23.2 Å². The largest absolute Gasteiger partial charge is 0.491 e. The number of ether oxygens (including phenoxy) is 1. The minimum atomic E-state index is -5.21. The van der Waals surface area contributed by atoms with Crippen molar-refractivity contribution in [2.24, 2.45) is 0 Å². The van der Waals surface area contributed by atoms with E-state index in [0.717, 1.165) is 0 Å². The normalized spacial score (nSPS) is 10.6. The van der Waals surface area contributed by atoms with E-state index in [1.165, 1.54) is 0 Å². The molecule has 0 amide bonds. The van der Waals surface area contributed by atoms with E-state index < -0.39 is 23.9 Å². The van der Waals surface area contributed by atoms with Gasteiger partial charge in [-0.25, -0.2) is 9.59 Å². The van der Waals surface area contributed by atoms with Crippen molar-refractivity contribution in [3.8, 4) is 0 Å². The maximum absolute atomic E-state index is 11.4. The van der Waals surface area contributed by atoms with E-state index in [1.807, 2.05) is 0 Å². The molecule has 0 fully saturated rings.